The zero-order valence-electron chi connectivity index (χ0n) is 13.3. The molecule has 0 aliphatic rings. The number of aryl methyl sites for hydroxylation is 2. The van der Waals surface area contributed by atoms with Crippen LogP contribution in [0.4, 0.5) is 0 Å². The molecular formula is C16H19N3O3S. The summed E-state index contributed by atoms with van der Waals surface area (Å²) in [6, 6.07) is 6.21. The van der Waals surface area contributed by atoms with Gasteiger partial charge in [-0.25, -0.2) is 13.4 Å². The van der Waals surface area contributed by atoms with Crippen LogP contribution in [0.15, 0.2) is 33.8 Å². The number of hydrogen-bond acceptors (Lipinski definition) is 5. The van der Waals surface area contributed by atoms with Gasteiger partial charge in [0.25, 0.3) is 0 Å². The van der Waals surface area contributed by atoms with Crippen LogP contribution in [0.1, 0.15) is 31.0 Å². The van der Waals surface area contributed by atoms with Gasteiger partial charge in [0.1, 0.15) is 12.3 Å². The molecule has 7 heteroatoms. The highest BCUT2D eigenvalue weighted by molar-refractivity contribution is 7.89. The minimum Gasteiger partial charge on any atom is -0.444 e. The molecule has 6 nitrogen and oxygen atoms in total. The molecule has 23 heavy (non-hydrogen) atoms. The number of hydrogen-bond donors (Lipinski definition) is 1. The molecule has 1 unspecified atom stereocenters. The maximum Gasteiger partial charge on any atom is 0.242 e. The molecule has 0 bridgehead atoms. The van der Waals surface area contributed by atoms with E-state index in [9.17, 15) is 8.42 Å². The second kappa shape index (κ2) is 6.94. The van der Waals surface area contributed by atoms with Crippen molar-refractivity contribution in [3.05, 3.63) is 35.7 Å². The first-order valence-corrected chi connectivity index (χ1v) is 8.80. The number of nitrogens with zero attached hydrogens (tertiary/aromatic N) is 2. The van der Waals surface area contributed by atoms with Crippen LogP contribution in [0.5, 0.6) is 0 Å². The molecular weight excluding hydrogens is 314 g/mol. The Morgan fingerprint density at radius 1 is 1.39 bits per heavy atom. The Bertz CT molecular complexity index is 834. The second-order valence-electron chi connectivity index (χ2n) is 5.37. The number of oxazole rings is 1. The minimum absolute atomic E-state index is 0.127. The van der Waals surface area contributed by atoms with Gasteiger partial charge in [-0.3, -0.25) is 0 Å². The van der Waals surface area contributed by atoms with E-state index in [1.165, 1.54) is 12.3 Å². The Balaban J connectivity index is 2.40. The van der Waals surface area contributed by atoms with Gasteiger partial charge in [-0.05, 0) is 38.0 Å². The predicted octanol–water partition coefficient (Wildman–Crippen LogP) is 2.93. The fourth-order valence-electron chi connectivity index (χ4n) is 2.20. The van der Waals surface area contributed by atoms with Crippen LogP contribution in [0.2, 0.25) is 0 Å². The molecule has 1 aromatic heterocycles. The first kappa shape index (κ1) is 17.2. The van der Waals surface area contributed by atoms with Crippen LogP contribution in [0, 0.1) is 25.2 Å². The number of aromatic nitrogens is 1. The number of rotatable bonds is 6. The topological polar surface area (TPSA) is 96.0 Å². The van der Waals surface area contributed by atoms with E-state index in [4.69, 9.17) is 9.68 Å². The van der Waals surface area contributed by atoms with Gasteiger partial charge < -0.3 is 4.42 Å². The van der Waals surface area contributed by atoms with E-state index >= 15 is 0 Å². The average molecular weight is 333 g/mol. The highest BCUT2D eigenvalue weighted by atomic mass is 32.2. The molecule has 0 saturated heterocycles. The summed E-state index contributed by atoms with van der Waals surface area (Å²) < 4.78 is 32.9. The zero-order chi connectivity index (χ0) is 17.0. The van der Waals surface area contributed by atoms with Crippen molar-refractivity contribution in [2.45, 2.75) is 44.6 Å². The fraction of sp³-hybridized carbons (Fsp3) is 0.375. The third-order valence-corrected chi connectivity index (χ3v) is 4.99. The van der Waals surface area contributed by atoms with Crippen molar-refractivity contribution in [2.24, 2.45) is 0 Å². The normalized spacial score (nSPS) is 12.8. The molecule has 122 valence electrons. The Kier molecular flexibility index (Phi) is 5.19. The minimum atomic E-state index is -3.79. The molecule has 0 fully saturated rings. The van der Waals surface area contributed by atoms with E-state index in [0.717, 1.165) is 12.1 Å². The van der Waals surface area contributed by atoms with Crippen molar-refractivity contribution in [2.75, 3.05) is 0 Å². The predicted molar refractivity (Wildman–Crippen MR) is 86.0 cm³/mol. The highest BCUT2D eigenvalue weighted by Crippen LogP contribution is 2.25. The van der Waals surface area contributed by atoms with Crippen LogP contribution in [-0.4, -0.2) is 19.4 Å². The third-order valence-electron chi connectivity index (χ3n) is 3.37. The fourth-order valence-corrected chi connectivity index (χ4v) is 3.64. The number of nitriles is 1. The van der Waals surface area contributed by atoms with Crippen molar-refractivity contribution in [1.82, 2.24) is 9.71 Å². The Morgan fingerprint density at radius 3 is 2.70 bits per heavy atom. The van der Waals surface area contributed by atoms with E-state index in [1.807, 2.05) is 13.0 Å². The van der Waals surface area contributed by atoms with Gasteiger partial charge in [0.2, 0.25) is 15.9 Å². The number of nitrogens with one attached hydrogen (secondary N) is 1. The Labute approximate surface area is 136 Å². The lowest BCUT2D eigenvalue weighted by molar-refractivity contribution is 0.562. The standard InChI is InChI=1S/C16H19N3O3S/c1-4-5-14(9-17)19-23(20,21)15-8-13(7-6-11(15)2)16-18-12(3)10-22-16/h6-8,10,14,19H,4-5H2,1-3H3. The molecule has 1 heterocycles. The number of benzene rings is 1. The molecule has 1 aromatic carbocycles. The highest BCUT2D eigenvalue weighted by Gasteiger charge is 2.22. The van der Waals surface area contributed by atoms with E-state index in [0.29, 0.717) is 23.4 Å². The van der Waals surface area contributed by atoms with E-state index in [1.54, 1.807) is 26.0 Å². The second-order valence-corrected chi connectivity index (χ2v) is 7.05. The van der Waals surface area contributed by atoms with E-state index < -0.39 is 16.1 Å². The first-order chi connectivity index (χ1) is 10.9. The van der Waals surface area contributed by atoms with Crippen LogP contribution in [0.25, 0.3) is 11.5 Å². The van der Waals surface area contributed by atoms with Crippen molar-refractivity contribution in [3.8, 4) is 17.5 Å². The average Bonchev–Trinajstić information content (AvgIpc) is 2.93. The molecule has 2 rings (SSSR count). The Hall–Kier alpha value is -2.17. The van der Waals surface area contributed by atoms with Gasteiger partial charge in [0.05, 0.1) is 16.7 Å². The summed E-state index contributed by atoms with van der Waals surface area (Å²) >= 11 is 0. The third kappa shape index (κ3) is 3.97. The molecule has 0 aliphatic carbocycles. The van der Waals surface area contributed by atoms with Gasteiger partial charge in [-0.15, -0.1) is 0 Å². The summed E-state index contributed by atoms with van der Waals surface area (Å²) in [5.41, 5.74) is 1.89. The van der Waals surface area contributed by atoms with Crippen molar-refractivity contribution < 1.29 is 12.8 Å². The molecule has 1 N–H and O–H groups in total. The lowest BCUT2D eigenvalue weighted by Crippen LogP contribution is -2.34. The monoisotopic (exact) mass is 333 g/mol. The molecule has 2 aromatic rings. The summed E-state index contributed by atoms with van der Waals surface area (Å²) in [7, 11) is -3.79. The van der Waals surface area contributed by atoms with Crippen molar-refractivity contribution in [1.29, 1.82) is 5.26 Å². The summed E-state index contributed by atoms with van der Waals surface area (Å²) in [5, 5.41) is 9.07. The summed E-state index contributed by atoms with van der Waals surface area (Å²) in [4.78, 5) is 4.33. The van der Waals surface area contributed by atoms with Gasteiger partial charge in [-0.2, -0.15) is 9.98 Å². The molecule has 0 saturated carbocycles. The van der Waals surface area contributed by atoms with Crippen molar-refractivity contribution in [3.63, 3.8) is 0 Å². The van der Waals surface area contributed by atoms with Crippen molar-refractivity contribution >= 4 is 10.0 Å². The molecule has 0 amide bonds. The first-order valence-electron chi connectivity index (χ1n) is 7.32. The molecule has 1 atom stereocenters. The van der Waals surface area contributed by atoms with Gasteiger partial charge in [0, 0.05) is 5.56 Å². The summed E-state index contributed by atoms with van der Waals surface area (Å²) in [6.07, 6.45) is 2.69. The van der Waals surface area contributed by atoms with Gasteiger partial charge >= 0.3 is 0 Å². The van der Waals surface area contributed by atoms with Crippen LogP contribution in [-0.2, 0) is 10.0 Å². The van der Waals surface area contributed by atoms with Gasteiger partial charge in [0.15, 0.2) is 0 Å². The number of sulfonamides is 1. The zero-order valence-corrected chi connectivity index (χ0v) is 14.1. The van der Waals surface area contributed by atoms with Crippen LogP contribution in [0.3, 0.4) is 0 Å². The summed E-state index contributed by atoms with van der Waals surface area (Å²) in [5.74, 6) is 0.365. The quantitative estimate of drug-likeness (QED) is 0.876. The molecule has 0 spiro atoms. The van der Waals surface area contributed by atoms with Gasteiger partial charge in [-0.1, -0.05) is 19.4 Å². The Morgan fingerprint density at radius 2 is 2.13 bits per heavy atom. The molecule has 0 radical (unpaired) electrons. The maximum absolute atomic E-state index is 12.6. The largest absolute Gasteiger partial charge is 0.444 e. The lowest BCUT2D eigenvalue weighted by Gasteiger charge is -2.13. The van der Waals surface area contributed by atoms with Crippen LogP contribution < -0.4 is 4.72 Å². The van der Waals surface area contributed by atoms with E-state index in [-0.39, 0.29) is 4.90 Å². The van der Waals surface area contributed by atoms with Crippen LogP contribution >= 0.6 is 0 Å². The summed E-state index contributed by atoms with van der Waals surface area (Å²) in [6.45, 7) is 5.40. The smallest absolute Gasteiger partial charge is 0.242 e. The SMILES string of the molecule is CCCC(C#N)NS(=O)(=O)c1cc(-c2nc(C)co2)ccc1C. The van der Waals surface area contributed by atoms with E-state index in [2.05, 4.69) is 9.71 Å². The molecule has 0 aliphatic heterocycles. The maximum atomic E-state index is 12.6. The lowest BCUT2D eigenvalue weighted by atomic mass is 10.1.